The van der Waals surface area contributed by atoms with Gasteiger partial charge in [-0.05, 0) is 36.1 Å². The lowest BCUT2D eigenvalue weighted by Gasteiger charge is -2.13. The molecular formula is C20H21ClN4O3S2. The van der Waals surface area contributed by atoms with Gasteiger partial charge in [-0.15, -0.1) is 11.3 Å². The molecule has 10 heteroatoms. The summed E-state index contributed by atoms with van der Waals surface area (Å²) in [4.78, 5) is 42.1. The second-order valence-electron chi connectivity index (χ2n) is 6.49. The second kappa shape index (κ2) is 10.6. The first kappa shape index (κ1) is 22.3. The fraction of sp³-hybridized carbons (Fsp3) is 0.300. The van der Waals surface area contributed by atoms with Crippen LogP contribution in [0.25, 0.3) is 10.9 Å². The van der Waals surface area contributed by atoms with Crippen LogP contribution in [0.4, 0.5) is 0 Å². The molecule has 7 nitrogen and oxygen atoms in total. The van der Waals surface area contributed by atoms with E-state index in [1.807, 2.05) is 0 Å². The molecule has 0 spiro atoms. The average molecular weight is 465 g/mol. The van der Waals surface area contributed by atoms with Crippen LogP contribution < -0.4 is 16.4 Å². The first-order chi connectivity index (χ1) is 14.5. The average Bonchev–Trinajstić information content (AvgIpc) is 3.27. The summed E-state index contributed by atoms with van der Waals surface area (Å²) in [6, 6.07) is 8.40. The number of hydrazine groups is 1. The third-order valence-electron chi connectivity index (χ3n) is 4.26. The number of rotatable bonds is 8. The lowest BCUT2D eigenvalue weighted by atomic mass is 10.2. The Labute approximate surface area is 186 Å². The van der Waals surface area contributed by atoms with Crippen molar-refractivity contribution in [1.82, 2.24) is 20.4 Å². The molecule has 2 N–H and O–H groups in total. The van der Waals surface area contributed by atoms with Gasteiger partial charge in [0, 0.05) is 11.6 Å². The van der Waals surface area contributed by atoms with Gasteiger partial charge in [0.1, 0.15) is 0 Å². The Morgan fingerprint density at radius 2 is 2.07 bits per heavy atom. The van der Waals surface area contributed by atoms with E-state index < -0.39 is 5.91 Å². The summed E-state index contributed by atoms with van der Waals surface area (Å²) in [5.41, 5.74) is 5.11. The van der Waals surface area contributed by atoms with Crippen LogP contribution in [0.2, 0.25) is 5.02 Å². The van der Waals surface area contributed by atoms with E-state index in [0.717, 1.165) is 31.0 Å². The van der Waals surface area contributed by atoms with E-state index in [1.54, 1.807) is 40.3 Å². The van der Waals surface area contributed by atoms with Gasteiger partial charge < -0.3 is 0 Å². The maximum absolute atomic E-state index is 13.0. The van der Waals surface area contributed by atoms with Gasteiger partial charge in [-0.3, -0.25) is 29.8 Å². The number of fused-ring (bicyclic) bond motifs is 1. The van der Waals surface area contributed by atoms with Gasteiger partial charge >= 0.3 is 0 Å². The van der Waals surface area contributed by atoms with E-state index in [4.69, 9.17) is 11.6 Å². The Morgan fingerprint density at radius 3 is 2.80 bits per heavy atom. The van der Waals surface area contributed by atoms with Gasteiger partial charge in [-0.2, -0.15) is 0 Å². The van der Waals surface area contributed by atoms with Crippen molar-refractivity contribution >= 4 is 57.4 Å². The molecule has 0 aliphatic rings. The van der Waals surface area contributed by atoms with Crippen LogP contribution >= 0.6 is 34.7 Å². The fourth-order valence-electron chi connectivity index (χ4n) is 2.76. The molecular weight excluding hydrogens is 444 g/mol. The Hall–Kier alpha value is -2.36. The number of carbonyl (C=O) groups is 2. The monoisotopic (exact) mass is 464 g/mol. The van der Waals surface area contributed by atoms with E-state index >= 15 is 0 Å². The molecule has 0 aliphatic heterocycles. The van der Waals surface area contributed by atoms with Gasteiger partial charge in [-0.1, -0.05) is 49.2 Å². The molecule has 158 valence electrons. The maximum atomic E-state index is 13.0. The number of hydrogen-bond donors (Lipinski definition) is 2. The highest BCUT2D eigenvalue weighted by atomic mass is 35.5. The third-order valence-corrected chi connectivity index (χ3v) is 6.34. The smallest absolute Gasteiger partial charge is 0.279 e. The zero-order chi connectivity index (χ0) is 21.5. The summed E-state index contributed by atoms with van der Waals surface area (Å²) in [7, 11) is 0. The quantitative estimate of drug-likeness (QED) is 0.228. The third kappa shape index (κ3) is 5.62. The van der Waals surface area contributed by atoms with Crippen LogP contribution in [-0.2, 0) is 11.3 Å². The lowest BCUT2D eigenvalue weighted by Crippen LogP contribution is -2.42. The van der Waals surface area contributed by atoms with Crippen LogP contribution in [-0.4, -0.2) is 27.1 Å². The van der Waals surface area contributed by atoms with E-state index in [2.05, 4.69) is 22.8 Å². The number of thiophene rings is 1. The van der Waals surface area contributed by atoms with Crippen LogP contribution in [0.5, 0.6) is 0 Å². The van der Waals surface area contributed by atoms with Gasteiger partial charge in [0.15, 0.2) is 5.16 Å². The number of benzene rings is 1. The molecule has 0 radical (unpaired) electrons. The Morgan fingerprint density at radius 1 is 1.23 bits per heavy atom. The molecule has 1 aromatic carbocycles. The molecule has 0 aliphatic carbocycles. The number of carbonyl (C=O) groups excluding carboxylic acids is 2. The SMILES string of the molecule is CCCCCn1c(SCC(=O)NNC(=O)c2cccs2)nc2cc(Cl)ccc2c1=O. The fourth-order valence-corrected chi connectivity index (χ4v) is 4.37. The van der Waals surface area contributed by atoms with E-state index in [-0.39, 0.29) is 17.2 Å². The van der Waals surface area contributed by atoms with Crippen molar-refractivity contribution in [1.29, 1.82) is 0 Å². The van der Waals surface area contributed by atoms with Crippen LogP contribution in [0.1, 0.15) is 35.9 Å². The normalized spacial score (nSPS) is 10.9. The number of nitrogens with one attached hydrogen (secondary N) is 2. The van der Waals surface area contributed by atoms with Crippen molar-refractivity contribution in [3.05, 3.63) is 56.0 Å². The minimum Gasteiger partial charge on any atom is -0.287 e. The van der Waals surface area contributed by atoms with Gasteiger partial charge in [-0.25, -0.2) is 4.98 Å². The van der Waals surface area contributed by atoms with Crippen LogP contribution in [0, 0.1) is 0 Å². The van der Waals surface area contributed by atoms with E-state index in [9.17, 15) is 14.4 Å². The molecule has 0 saturated heterocycles. The largest absolute Gasteiger partial charge is 0.287 e. The van der Waals surface area contributed by atoms with Gasteiger partial charge in [0.25, 0.3) is 11.5 Å². The topological polar surface area (TPSA) is 93.1 Å². The Bertz CT molecular complexity index is 1100. The molecule has 2 amide bonds. The molecule has 2 heterocycles. The molecule has 0 atom stereocenters. The summed E-state index contributed by atoms with van der Waals surface area (Å²) in [5.74, 6) is -0.777. The summed E-state index contributed by atoms with van der Waals surface area (Å²) in [6.07, 6.45) is 2.86. The summed E-state index contributed by atoms with van der Waals surface area (Å²) >= 11 is 8.47. The lowest BCUT2D eigenvalue weighted by molar-refractivity contribution is -0.119. The van der Waals surface area contributed by atoms with Crippen LogP contribution in [0.3, 0.4) is 0 Å². The first-order valence-electron chi connectivity index (χ1n) is 9.45. The van der Waals surface area contributed by atoms with Crippen molar-refractivity contribution in [3.8, 4) is 0 Å². The zero-order valence-electron chi connectivity index (χ0n) is 16.3. The van der Waals surface area contributed by atoms with Gasteiger partial charge in [0.05, 0.1) is 21.5 Å². The highest BCUT2D eigenvalue weighted by Gasteiger charge is 2.14. The molecule has 3 aromatic rings. The van der Waals surface area contributed by atoms with E-state index in [1.165, 1.54) is 11.3 Å². The molecule has 0 bridgehead atoms. The molecule has 2 aromatic heterocycles. The highest BCUT2D eigenvalue weighted by molar-refractivity contribution is 7.99. The predicted molar refractivity (Wildman–Crippen MR) is 121 cm³/mol. The number of aromatic nitrogens is 2. The van der Waals surface area contributed by atoms with Crippen molar-refractivity contribution in [2.75, 3.05) is 5.75 Å². The number of unbranched alkanes of at least 4 members (excludes halogenated alkanes) is 2. The minimum atomic E-state index is -0.398. The Kier molecular flexibility index (Phi) is 7.89. The second-order valence-corrected chi connectivity index (χ2v) is 8.81. The summed E-state index contributed by atoms with van der Waals surface area (Å²) in [5, 5.41) is 3.21. The summed E-state index contributed by atoms with van der Waals surface area (Å²) < 4.78 is 1.61. The predicted octanol–water partition coefficient (Wildman–Crippen LogP) is 3.85. The van der Waals surface area contributed by atoms with Crippen molar-refractivity contribution in [2.45, 2.75) is 37.9 Å². The number of thioether (sulfide) groups is 1. The molecule has 0 unspecified atom stereocenters. The van der Waals surface area contributed by atoms with Crippen molar-refractivity contribution in [3.63, 3.8) is 0 Å². The van der Waals surface area contributed by atoms with Crippen molar-refractivity contribution in [2.24, 2.45) is 0 Å². The highest BCUT2D eigenvalue weighted by Crippen LogP contribution is 2.21. The number of amides is 2. The first-order valence-corrected chi connectivity index (χ1v) is 11.7. The molecule has 0 saturated carbocycles. The standard InChI is InChI=1S/C20H21ClN4O3S2/c1-2-3-4-9-25-19(28)14-8-7-13(21)11-15(14)22-20(25)30-12-17(26)23-24-18(27)16-6-5-10-29-16/h5-8,10-11H,2-4,9,12H2,1H3,(H,23,26)(H,24,27). The molecule has 3 rings (SSSR count). The minimum absolute atomic E-state index is 0.00297. The van der Waals surface area contributed by atoms with Gasteiger partial charge in [0.2, 0.25) is 5.91 Å². The van der Waals surface area contributed by atoms with E-state index in [0.29, 0.717) is 32.5 Å². The number of nitrogens with zero attached hydrogens (tertiary/aromatic N) is 2. The zero-order valence-corrected chi connectivity index (χ0v) is 18.7. The number of hydrogen-bond acceptors (Lipinski definition) is 6. The summed E-state index contributed by atoms with van der Waals surface area (Å²) in [6.45, 7) is 2.62. The Balaban J connectivity index is 1.72. The number of halogens is 1. The van der Waals surface area contributed by atoms with Crippen molar-refractivity contribution < 1.29 is 9.59 Å². The maximum Gasteiger partial charge on any atom is 0.279 e. The molecule has 0 fully saturated rings. The molecule has 30 heavy (non-hydrogen) atoms. The van der Waals surface area contributed by atoms with Crippen LogP contribution in [0.15, 0.2) is 45.7 Å².